The van der Waals surface area contributed by atoms with Crippen LogP contribution in [0.3, 0.4) is 0 Å². The van der Waals surface area contributed by atoms with Crippen LogP contribution < -0.4 is 5.32 Å². The van der Waals surface area contributed by atoms with Crippen molar-refractivity contribution in [1.82, 2.24) is 0 Å². The Balaban J connectivity index is 2.23. The smallest absolute Gasteiger partial charge is 0.345 e. The summed E-state index contributed by atoms with van der Waals surface area (Å²) in [6, 6.07) is 6.04. The topological polar surface area (TPSA) is 66.4 Å². The average Bonchev–Trinajstić information content (AvgIpc) is 2.85. The lowest BCUT2D eigenvalue weighted by Crippen LogP contribution is -2.10. The first-order chi connectivity index (χ1) is 9.38. The summed E-state index contributed by atoms with van der Waals surface area (Å²) in [6.45, 7) is 1.80. The molecule has 0 spiro atoms. The average molecular weight is 330 g/mol. The summed E-state index contributed by atoms with van der Waals surface area (Å²) >= 11 is 12.9. The Morgan fingerprint density at radius 3 is 2.40 bits per heavy atom. The van der Waals surface area contributed by atoms with E-state index in [1.54, 1.807) is 19.1 Å². The number of amides is 1. The summed E-state index contributed by atoms with van der Waals surface area (Å²) in [4.78, 5) is 23.2. The predicted octanol–water partition coefficient (Wildman–Crippen LogP) is 4.31. The van der Waals surface area contributed by atoms with Crippen LogP contribution in [0.25, 0.3) is 0 Å². The number of carbonyl (C=O) groups excluding carboxylic acids is 1. The van der Waals surface area contributed by atoms with E-state index in [1.807, 2.05) is 0 Å². The minimum Gasteiger partial charge on any atom is -0.477 e. The lowest BCUT2D eigenvalue weighted by atomic mass is 10.2. The van der Waals surface area contributed by atoms with Gasteiger partial charge in [0, 0.05) is 5.02 Å². The minimum atomic E-state index is -1.06. The molecule has 20 heavy (non-hydrogen) atoms. The van der Waals surface area contributed by atoms with Gasteiger partial charge in [0.05, 0.1) is 15.6 Å². The number of aromatic carboxylic acids is 1. The van der Waals surface area contributed by atoms with E-state index >= 15 is 0 Å². The van der Waals surface area contributed by atoms with Crippen molar-refractivity contribution in [1.29, 1.82) is 0 Å². The Bertz CT molecular complexity index is 697. The van der Waals surface area contributed by atoms with Gasteiger partial charge in [-0.3, -0.25) is 4.79 Å². The van der Waals surface area contributed by atoms with Crippen molar-refractivity contribution in [3.63, 3.8) is 0 Å². The maximum absolute atomic E-state index is 12.0. The number of carboxylic acids is 1. The Hall–Kier alpha value is -1.56. The molecule has 2 N–H and O–H groups in total. The highest BCUT2D eigenvalue weighted by Crippen LogP contribution is 2.29. The molecular weight excluding hydrogens is 321 g/mol. The number of aryl methyl sites for hydroxylation is 1. The number of benzene rings is 1. The molecule has 0 aliphatic rings. The van der Waals surface area contributed by atoms with Gasteiger partial charge in [-0.1, -0.05) is 23.2 Å². The zero-order valence-corrected chi connectivity index (χ0v) is 12.6. The van der Waals surface area contributed by atoms with Crippen molar-refractivity contribution in [2.24, 2.45) is 0 Å². The normalized spacial score (nSPS) is 10.3. The van der Waals surface area contributed by atoms with Gasteiger partial charge in [-0.15, -0.1) is 11.3 Å². The van der Waals surface area contributed by atoms with Crippen LogP contribution in [0.15, 0.2) is 24.3 Å². The lowest BCUT2D eigenvalue weighted by Gasteiger charge is -2.08. The fourth-order valence-electron chi connectivity index (χ4n) is 1.50. The first-order valence-electron chi connectivity index (χ1n) is 5.48. The number of nitrogens with one attached hydrogen (secondary N) is 1. The van der Waals surface area contributed by atoms with E-state index in [-0.39, 0.29) is 9.75 Å². The molecule has 0 saturated carbocycles. The molecule has 2 rings (SSSR count). The Morgan fingerprint density at radius 2 is 1.80 bits per heavy atom. The summed E-state index contributed by atoms with van der Waals surface area (Å²) in [5.41, 5.74) is 1.19. The molecule has 104 valence electrons. The van der Waals surface area contributed by atoms with Gasteiger partial charge < -0.3 is 10.4 Å². The molecule has 0 radical (unpaired) electrons. The Labute approximate surface area is 128 Å². The van der Waals surface area contributed by atoms with Gasteiger partial charge in [0.25, 0.3) is 5.91 Å². The van der Waals surface area contributed by atoms with Crippen LogP contribution in [0.2, 0.25) is 10.0 Å². The number of hydrogen-bond donors (Lipinski definition) is 2. The Morgan fingerprint density at radius 1 is 1.15 bits per heavy atom. The van der Waals surface area contributed by atoms with Crippen molar-refractivity contribution in [3.8, 4) is 0 Å². The summed E-state index contributed by atoms with van der Waals surface area (Å²) < 4.78 is 0. The molecule has 1 amide bonds. The second kappa shape index (κ2) is 5.83. The highest BCUT2D eigenvalue weighted by atomic mass is 35.5. The fourth-order valence-corrected chi connectivity index (χ4v) is 2.67. The predicted molar refractivity (Wildman–Crippen MR) is 80.4 cm³/mol. The van der Waals surface area contributed by atoms with E-state index in [4.69, 9.17) is 28.3 Å². The summed E-state index contributed by atoms with van der Waals surface area (Å²) in [5.74, 6) is -1.49. The molecule has 1 heterocycles. The van der Waals surface area contributed by atoms with E-state index in [9.17, 15) is 9.59 Å². The zero-order chi connectivity index (χ0) is 14.9. The van der Waals surface area contributed by atoms with Crippen molar-refractivity contribution < 1.29 is 14.7 Å². The van der Waals surface area contributed by atoms with Crippen molar-refractivity contribution >= 4 is 52.1 Å². The Kier molecular flexibility index (Phi) is 4.32. The van der Waals surface area contributed by atoms with E-state index < -0.39 is 11.9 Å². The molecule has 0 saturated heterocycles. The number of anilines is 1. The third-order valence-electron chi connectivity index (χ3n) is 2.54. The van der Waals surface area contributed by atoms with Crippen LogP contribution in [0.1, 0.15) is 24.9 Å². The van der Waals surface area contributed by atoms with Crippen LogP contribution in [0, 0.1) is 6.92 Å². The molecule has 0 aliphatic heterocycles. The van der Waals surface area contributed by atoms with Gasteiger partial charge >= 0.3 is 5.97 Å². The van der Waals surface area contributed by atoms with Crippen molar-refractivity contribution in [3.05, 3.63) is 49.6 Å². The second-order valence-electron chi connectivity index (χ2n) is 4.00. The van der Waals surface area contributed by atoms with Crippen LogP contribution in [-0.4, -0.2) is 17.0 Å². The molecule has 1 aromatic carbocycles. The maximum atomic E-state index is 12.0. The molecule has 4 nitrogen and oxygen atoms in total. The molecule has 0 atom stereocenters. The summed E-state index contributed by atoms with van der Waals surface area (Å²) in [7, 11) is 0. The van der Waals surface area contributed by atoms with Crippen LogP contribution >= 0.6 is 34.5 Å². The third-order valence-corrected chi connectivity index (χ3v) is 4.33. The van der Waals surface area contributed by atoms with Crippen molar-refractivity contribution in [2.75, 3.05) is 5.32 Å². The number of carbonyl (C=O) groups is 2. The van der Waals surface area contributed by atoms with E-state index in [0.29, 0.717) is 15.7 Å². The number of halogens is 2. The number of thiophene rings is 1. The first kappa shape index (κ1) is 14.8. The largest absolute Gasteiger partial charge is 0.477 e. The molecule has 0 fully saturated rings. The van der Waals surface area contributed by atoms with Gasteiger partial charge in [0.2, 0.25) is 0 Å². The fraction of sp³-hybridized carbons (Fsp3) is 0.0769. The molecule has 0 bridgehead atoms. The monoisotopic (exact) mass is 329 g/mol. The van der Waals surface area contributed by atoms with Crippen LogP contribution in [0.4, 0.5) is 5.69 Å². The SMILES string of the molecule is Cc1cc(Cl)c(NC(=O)c2ccc(C(=O)O)s2)cc1Cl. The second-order valence-corrected chi connectivity index (χ2v) is 5.90. The standard InChI is InChI=1S/C13H9Cl2NO3S/c1-6-4-8(15)9(5-7(6)14)16-12(17)10-2-3-11(20-10)13(18)19/h2-5H,1H3,(H,16,17)(H,18,19). The molecular formula is C13H9Cl2NO3S. The number of rotatable bonds is 3. The summed E-state index contributed by atoms with van der Waals surface area (Å²) in [5, 5.41) is 12.3. The van der Waals surface area contributed by atoms with Gasteiger partial charge in [0.15, 0.2) is 0 Å². The first-order valence-corrected chi connectivity index (χ1v) is 7.06. The highest BCUT2D eigenvalue weighted by Gasteiger charge is 2.14. The number of carboxylic acid groups (broad SMARTS) is 1. The maximum Gasteiger partial charge on any atom is 0.345 e. The van der Waals surface area contributed by atoms with Crippen LogP contribution in [-0.2, 0) is 0 Å². The zero-order valence-electron chi connectivity index (χ0n) is 10.2. The minimum absolute atomic E-state index is 0.100. The van der Waals surface area contributed by atoms with Gasteiger partial charge in [-0.2, -0.15) is 0 Å². The third kappa shape index (κ3) is 3.12. The van der Waals surface area contributed by atoms with Gasteiger partial charge in [-0.05, 0) is 36.8 Å². The van der Waals surface area contributed by atoms with E-state index in [1.165, 1.54) is 12.1 Å². The lowest BCUT2D eigenvalue weighted by molar-refractivity contribution is 0.0702. The molecule has 2 aromatic rings. The molecule has 0 aliphatic carbocycles. The van der Waals surface area contributed by atoms with E-state index in [2.05, 4.69) is 5.32 Å². The van der Waals surface area contributed by atoms with Gasteiger partial charge in [0.1, 0.15) is 4.88 Å². The van der Waals surface area contributed by atoms with Gasteiger partial charge in [-0.25, -0.2) is 4.79 Å². The summed E-state index contributed by atoms with van der Waals surface area (Å²) in [6.07, 6.45) is 0. The molecule has 1 aromatic heterocycles. The molecule has 7 heteroatoms. The highest BCUT2D eigenvalue weighted by molar-refractivity contribution is 7.16. The van der Waals surface area contributed by atoms with Crippen LogP contribution in [0.5, 0.6) is 0 Å². The quantitative estimate of drug-likeness (QED) is 0.881. The van der Waals surface area contributed by atoms with E-state index in [0.717, 1.165) is 16.9 Å². The number of hydrogen-bond acceptors (Lipinski definition) is 3. The molecule has 0 unspecified atom stereocenters. The van der Waals surface area contributed by atoms with Crippen molar-refractivity contribution in [2.45, 2.75) is 6.92 Å².